The number of nitrogens with zero attached hydrogens (tertiary/aromatic N) is 2. The Bertz CT molecular complexity index is 355. The van der Waals surface area contributed by atoms with Gasteiger partial charge in [-0.2, -0.15) is 0 Å². The molecule has 2 rings (SSSR count). The van der Waals surface area contributed by atoms with Crippen molar-refractivity contribution in [1.82, 2.24) is 9.88 Å². The van der Waals surface area contributed by atoms with Crippen LogP contribution in [0.3, 0.4) is 0 Å². The largest absolute Gasteiger partial charge is 0.477 e. The minimum absolute atomic E-state index is 0.330. The number of hydrogen-bond acceptors (Lipinski definition) is 3. The average molecular weight is 238 g/mol. The molecule has 1 aliphatic rings. The van der Waals surface area contributed by atoms with Crippen molar-refractivity contribution < 1.29 is 9.13 Å². The highest BCUT2D eigenvalue weighted by atomic mass is 19.1. The topological polar surface area (TPSA) is 25.4 Å². The lowest BCUT2D eigenvalue weighted by Crippen LogP contribution is -2.40. The molecule has 1 aromatic heterocycles. The van der Waals surface area contributed by atoms with Gasteiger partial charge in [0, 0.05) is 24.6 Å². The smallest absolute Gasteiger partial charge is 0.213 e. The summed E-state index contributed by atoms with van der Waals surface area (Å²) in [6.45, 7) is 3.97. The molecule has 1 aliphatic heterocycles. The van der Waals surface area contributed by atoms with Gasteiger partial charge in [0.2, 0.25) is 5.88 Å². The third-order valence-corrected chi connectivity index (χ3v) is 3.46. The van der Waals surface area contributed by atoms with Crippen molar-refractivity contribution in [2.75, 3.05) is 20.2 Å². The van der Waals surface area contributed by atoms with E-state index in [1.807, 2.05) is 0 Å². The van der Waals surface area contributed by atoms with Gasteiger partial charge in [-0.1, -0.05) is 0 Å². The predicted molar refractivity (Wildman–Crippen MR) is 64.5 cm³/mol. The first-order valence-corrected chi connectivity index (χ1v) is 6.09. The zero-order valence-corrected chi connectivity index (χ0v) is 10.4. The zero-order valence-electron chi connectivity index (χ0n) is 10.4. The SMILES string of the molecule is C[C@@H]1CC[C@@H](COc2ccc(F)cn2)CN1C. The number of ether oxygens (including phenoxy) is 1. The fraction of sp³-hybridized carbons (Fsp3) is 0.615. The molecule has 0 N–H and O–H groups in total. The number of halogens is 1. The molecule has 0 radical (unpaired) electrons. The molecule has 0 aromatic carbocycles. The lowest BCUT2D eigenvalue weighted by atomic mass is 9.95. The van der Waals surface area contributed by atoms with E-state index in [-0.39, 0.29) is 5.82 Å². The van der Waals surface area contributed by atoms with E-state index in [0.717, 1.165) is 6.54 Å². The Balaban J connectivity index is 1.80. The van der Waals surface area contributed by atoms with Crippen LogP contribution >= 0.6 is 0 Å². The van der Waals surface area contributed by atoms with Gasteiger partial charge in [-0.3, -0.25) is 0 Å². The van der Waals surface area contributed by atoms with Gasteiger partial charge in [0.15, 0.2) is 0 Å². The fourth-order valence-electron chi connectivity index (χ4n) is 2.16. The number of hydrogen-bond donors (Lipinski definition) is 0. The number of rotatable bonds is 3. The molecule has 0 aliphatic carbocycles. The van der Waals surface area contributed by atoms with Crippen LogP contribution in [0.15, 0.2) is 18.3 Å². The van der Waals surface area contributed by atoms with Crippen molar-refractivity contribution in [2.45, 2.75) is 25.8 Å². The molecule has 0 saturated carbocycles. The van der Waals surface area contributed by atoms with Crippen molar-refractivity contribution >= 4 is 0 Å². The summed E-state index contributed by atoms with van der Waals surface area (Å²) in [5, 5.41) is 0. The van der Waals surface area contributed by atoms with Crippen molar-refractivity contribution in [3.8, 4) is 5.88 Å². The Labute approximate surface area is 102 Å². The summed E-state index contributed by atoms with van der Waals surface area (Å²) in [5.41, 5.74) is 0. The van der Waals surface area contributed by atoms with Gasteiger partial charge < -0.3 is 9.64 Å². The van der Waals surface area contributed by atoms with Crippen molar-refractivity contribution in [2.24, 2.45) is 5.92 Å². The number of likely N-dealkylation sites (tertiary alicyclic amines) is 1. The summed E-state index contributed by atoms with van der Waals surface area (Å²) < 4.78 is 18.2. The Morgan fingerprint density at radius 2 is 2.29 bits per heavy atom. The fourth-order valence-corrected chi connectivity index (χ4v) is 2.16. The van der Waals surface area contributed by atoms with Gasteiger partial charge in [0.1, 0.15) is 5.82 Å². The van der Waals surface area contributed by atoms with Crippen LogP contribution in [0, 0.1) is 11.7 Å². The van der Waals surface area contributed by atoms with Crippen LogP contribution in [0.1, 0.15) is 19.8 Å². The van der Waals surface area contributed by atoms with Gasteiger partial charge in [-0.05, 0) is 32.9 Å². The normalized spacial score (nSPS) is 25.8. The molecule has 0 unspecified atom stereocenters. The number of piperidine rings is 1. The molecule has 1 saturated heterocycles. The van der Waals surface area contributed by atoms with E-state index >= 15 is 0 Å². The molecule has 3 nitrogen and oxygen atoms in total. The summed E-state index contributed by atoms with van der Waals surface area (Å²) in [6, 6.07) is 3.61. The molecule has 0 spiro atoms. The van der Waals surface area contributed by atoms with Crippen LogP contribution in [-0.4, -0.2) is 36.1 Å². The van der Waals surface area contributed by atoms with Crippen LogP contribution in [0.5, 0.6) is 5.88 Å². The highest BCUT2D eigenvalue weighted by Crippen LogP contribution is 2.21. The number of aromatic nitrogens is 1. The van der Waals surface area contributed by atoms with Gasteiger partial charge in [-0.25, -0.2) is 9.37 Å². The highest BCUT2D eigenvalue weighted by molar-refractivity contribution is 5.10. The second kappa shape index (κ2) is 5.45. The lowest BCUT2D eigenvalue weighted by Gasteiger charge is -2.34. The van der Waals surface area contributed by atoms with Crippen LogP contribution in [0.2, 0.25) is 0 Å². The minimum Gasteiger partial charge on any atom is -0.477 e. The predicted octanol–water partition coefficient (Wildman–Crippen LogP) is 2.33. The monoisotopic (exact) mass is 238 g/mol. The molecular weight excluding hydrogens is 219 g/mol. The standard InChI is InChI=1S/C13H19FN2O/c1-10-3-4-11(8-16(10)2)9-17-13-6-5-12(14)7-15-13/h5-7,10-11H,3-4,8-9H2,1-2H3/t10-,11-/m1/s1. The minimum atomic E-state index is -0.330. The van der Waals surface area contributed by atoms with Crippen LogP contribution in [0.25, 0.3) is 0 Å². The summed E-state index contributed by atoms with van der Waals surface area (Å²) in [6.07, 6.45) is 3.58. The third kappa shape index (κ3) is 3.40. The van der Waals surface area contributed by atoms with Gasteiger partial charge in [0.05, 0.1) is 12.8 Å². The molecular formula is C13H19FN2O. The van der Waals surface area contributed by atoms with Gasteiger partial charge in [0.25, 0.3) is 0 Å². The van der Waals surface area contributed by atoms with E-state index < -0.39 is 0 Å². The highest BCUT2D eigenvalue weighted by Gasteiger charge is 2.22. The van der Waals surface area contributed by atoms with Crippen molar-refractivity contribution in [3.05, 3.63) is 24.1 Å². The Morgan fingerprint density at radius 1 is 1.47 bits per heavy atom. The van der Waals surface area contributed by atoms with Gasteiger partial charge in [-0.15, -0.1) is 0 Å². The lowest BCUT2D eigenvalue weighted by molar-refractivity contribution is 0.110. The average Bonchev–Trinajstić information content (AvgIpc) is 2.33. The quantitative estimate of drug-likeness (QED) is 0.808. The van der Waals surface area contributed by atoms with Crippen molar-refractivity contribution in [1.29, 1.82) is 0 Å². The van der Waals surface area contributed by atoms with Gasteiger partial charge >= 0.3 is 0 Å². The second-order valence-corrected chi connectivity index (χ2v) is 4.86. The maximum atomic E-state index is 12.7. The molecule has 0 amide bonds. The zero-order chi connectivity index (χ0) is 12.3. The molecule has 17 heavy (non-hydrogen) atoms. The summed E-state index contributed by atoms with van der Waals surface area (Å²) in [5.74, 6) is 0.722. The first-order chi connectivity index (χ1) is 8.15. The molecule has 94 valence electrons. The molecule has 0 bridgehead atoms. The van der Waals surface area contributed by atoms with E-state index in [1.165, 1.54) is 25.1 Å². The maximum Gasteiger partial charge on any atom is 0.213 e. The first-order valence-electron chi connectivity index (χ1n) is 6.09. The molecule has 2 heterocycles. The Kier molecular flexibility index (Phi) is 3.94. The maximum absolute atomic E-state index is 12.7. The molecule has 4 heteroatoms. The first kappa shape index (κ1) is 12.3. The third-order valence-electron chi connectivity index (χ3n) is 3.46. The second-order valence-electron chi connectivity index (χ2n) is 4.86. The van der Waals surface area contributed by atoms with E-state index in [4.69, 9.17) is 4.74 Å². The van der Waals surface area contributed by atoms with Crippen LogP contribution in [0.4, 0.5) is 4.39 Å². The van der Waals surface area contributed by atoms with E-state index in [2.05, 4.69) is 23.9 Å². The van der Waals surface area contributed by atoms with E-state index in [9.17, 15) is 4.39 Å². The van der Waals surface area contributed by atoms with E-state index in [0.29, 0.717) is 24.4 Å². The summed E-state index contributed by atoms with van der Waals surface area (Å²) in [4.78, 5) is 6.24. The van der Waals surface area contributed by atoms with E-state index in [1.54, 1.807) is 6.07 Å². The van der Waals surface area contributed by atoms with Crippen LogP contribution in [-0.2, 0) is 0 Å². The summed E-state index contributed by atoms with van der Waals surface area (Å²) >= 11 is 0. The molecule has 2 atom stereocenters. The molecule has 1 fully saturated rings. The molecule has 1 aromatic rings. The summed E-state index contributed by atoms with van der Waals surface area (Å²) in [7, 11) is 2.15. The van der Waals surface area contributed by atoms with Crippen LogP contribution < -0.4 is 4.74 Å². The Hall–Kier alpha value is -1.16. The Morgan fingerprint density at radius 3 is 2.94 bits per heavy atom. The van der Waals surface area contributed by atoms with Crippen molar-refractivity contribution in [3.63, 3.8) is 0 Å². The number of pyridine rings is 1.